The lowest BCUT2D eigenvalue weighted by Gasteiger charge is -2.30. The SMILES string of the molecule is COc1cc2c(cc1OC)C(C1CCC1)=NCC2. The van der Waals surface area contributed by atoms with Gasteiger partial charge in [0, 0.05) is 23.7 Å². The van der Waals surface area contributed by atoms with E-state index in [1.807, 2.05) is 0 Å². The minimum Gasteiger partial charge on any atom is -0.493 e. The summed E-state index contributed by atoms with van der Waals surface area (Å²) in [6.45, 7) is 0.911. The standard InChI is InChI=1S/C15H19NO2/c1-17-13-8-11-6-7-16-15(10-4-3-5-10)12(11)9-14(13)18-2/h8-10H,3-7H2,1-2H3. The van der Waals surface area contributed by atoms with E-state index in [1.165, 1.54) is 36.1 Å². The van der Waals surface area contributed by atoms with E-state index in [1.54, 1.807) is 14.2 Å². The second-order valence-corrected chi connectivity index (χ2v) is 5.01. The van der Waals surface area contributed by atoms with Gasteiger partial charge in [0.2, 0.25) is 0 Å². The first kappa shape index (κ1) is 11.6. The molecular weight excluding hydrogens is 226 g/mol. The third-order valence-corrected chi connectivity index (χ3v) is 4.04. The molecule has 3 rings (SSSR count). The number of aliphatic imine (C=N–C) groups is 1. The van der Waals surface area contributed by atoms with Crippen molar-refractivity contribution in [1.29, 1.82) is 0 Å². The maximum Gasteiger partial charge on any atom is 0.161 e. The summed E-state index contributed by atoms with van der Waals surface area (Å²) in [7, 11) is 3.38. The van der Waals surface area contributed by atoms with Crippen molar-refractivity contribution in [2.45, 2.75) is 25.7 Å². The summed E-state index contributed by atoms with van der Waals surface area (Å²) in [6.07, 6.45) is 4.91. The highest BCUT2D eigenvalue weighted by Gasteiger charge is 2.28. The third kappa shape index (κ3) is 1.78. The fourth-order valence-corrected chi connectivity index (χ4v) is 2.78. The van der Waals surface area contributed by atoms with E-state index < -0.39 is 0 Å². The van der Waals surface area contributed by atoms with Gasteiger partial charge in [0.15, 0.2) is 11.5 Å². The summed E-state index contributed by atoms with van der Waals surface area (Å²) in [5.41, 5.74) is 3.93. The first-order chi connectivity index (χ1) is 8.83. The Balaban J connectivity index is 2.04. The lowest BCUT2D eigenvalue weighted by molar-refractivity contribution is 0.354. The Morgan fingerprint density at radius 1 is 1.11 bits per heavy atom. The quantitative estimate of drug-likeness (QED) is 0.820. The fourth-order valence-electron chi connectivity index (χ4n) is 2.78. The second kappa shape index (κ2) is 4.63. The van der Waals surface area contributed by atoms with Crippen molar-refractivity contribution in [3.63, 3.8) is 0 Å². The third-order valence-electron chi connectivity index (χ3n) is 4.04. The smallest absolute Gasteiger partial charge is 0.161 e. The summed E-state index contributed by atoms with van der Waals surface area (Å²) >= 11 is 0. The molecule has 0 amide bonds. The highest BCUT2D eigenvalue weighted by Crippen LogP contribution is 2.37. The van der Waals surface area contributed by atoms with E-state index in [0.717, 1.165) is 24.5 Å². The Morgan fingerprint density at radius 2 is 1.83 bits per heavy atom. The number of rotatable bonds is 3. The van der Waals surface area contributed by atoms with Gasteiger partial charge in [-0.1, -0.05) is 6.42 Å². The zero-order valence-corrected chi connectivity index (χ0v) is 11.0. The monoisotopic (exact) mass is 245 g/mol. The Hall–Kier alpha value is -1.51. The molecule has 0 unspecified atom stereocenters. The molecule has 0 N–H and O–H groups in total. The van der Waals surface area contributed by atoms with Crippen LogP contribution in [-0.4, -0.2) is 26.5 Å². The van der Waals surface area contributed by atoms with Gasteiger partial charge in [-0.05, 0) is 37.0 Å². The van der Waals surface area contributed by atoms with Crippen LogP contribution in [0.5, 0.6) is 11.5 Å². The number of ether oxygens (including phenoxy) is 2. The summed E-state index contributed by atoms with van der Waals surface area (Å²) in [5.74, 6) is 2.30. The number of benzene rings is 1. The number of fused-ring (bicyclic) bond motifs is 1. The molecule has 0 saturated heterocycles. The number of hydrogen-bond donors (Lipinski definition) is 0. The van der Waals surface area contributed by atoms with Crippen LogP contribution in [0.3, 0.4) is 0 Å². The van der Waals surface area contributed by atoms with Crippen LogP contribution in [0.15, 0.2) is 17.1 Å². The Labute approximate surface area is 108 Å². The Kier molecular flexibility index (Phi) is 2.98. The summed E-state index contributed by atoms with van der Waals surface area (Å²) < 4.78 is 10.8. The molecule has 18 heavy (non-hydrogen) atoms. The molecule has 0 atom stereocenters. The molecule has 1 saturated carbocycles. The second-order valence-electron chi connectivity index (χ2n) is 5.01. The molecule has 1 aromatic carbocycles. The Bertz CT molecular complexity index is 490. The fraction of sp³-hybridized carbons (Fsp3) is 0.533. The van der Waals surface area contributed by atoms with E-state index >= 15 is 0 Å². The van der Waals surface area contributed by atoms with Crippen molar-refractivity contribution in [2.75, 3.05) is 20.8 Å². The lowest BCUT2D eigenvalue weighted by atomic mass is 9.77. The molecule has 1 fully saturated rings. The molecule has 0 spiro atoms. The van der Waals surface area contributed by atoms with Crippen LogP contribution in [0.1, 0.15) is 30.4 Å². The van der Waals surface area contributed by atoms with Crippen molar-refractivity contribution in [1.82, 2.24) is 0 Å². The minimum atomic E-state index is 0.669. The van der Waals surface area contributed by atoms with Crippen molar-refractivity contribution in [3.05, 3.63) is 23.3 Å². The zero-order valence-electron chi connectivity index (χ0n) is 11.0. The van der Waals surface area contributed by atoms with Gasteiger partial charge in [0.1, 0.15) is 0 Å². The van der Waals surface area contributed by atoms with Crippen molar-refractivity contribution in [3.8, 4) is 11.5 Å². The van der Waals surface area contributed by atoms with Gasteiger partial charge in [-0.15, -0.1) is 0 Å². The number of methoxy groups -OCH3 is 2. The van der Waals surface area contributed by atoms with Crippen LogP contribution in [0.2, 0.25) is 0 Å². The zero-order chi connectivity index (χ0) is 12.5. The molecule has 1 aliphatic heterocycles. The first-order valence-corrected chi connectivity index (χ1v) is 6.63. The number of hydrogen-bond acceptors (Lipinski definition) is 3. The average Bonchev–Trinajstić information content (AvgIpc) is 2.35. The minimum absolute atomic E-state index is 0.669. The maximum absolute atomic E-state index is 5.40. The van der Waals surface area contributed by atoms with E-state index in [9.17, 15) is 0 Å². The van der Waals surface area contributed by atoms with Crippen molar-refractivity contribution < 1.29 is 9.47 Å². The molecule has 0 bridgehead atoms. The van der Waals surface area contributed by atoms with E-state index in [4.69, 9.17) is 14.5 Å². The predicted molar refractivity (Wildman–Crippen MR) is 72.0 cm³/mol. The first-order valence-electron chi connectivity index (χ1n) is 6.63. The van der Waals surface area contributed by atoms with E-state index in [2.05, 4.69) is 12.1 Å². The summed E-state index contributed by atoms with van der Waals surface area (Å²) in [4.78, 5) is 4.74. The molecule has 0 aromatic heterocycles. The molecule has 1 aromatic rings. The molecule has 2 aliphatic rings. The number of nitrogens with zero attached hydrogens (tertiary/aromatic N) is 1. The van der Waals surface area contributed by atoms with Crippen LogP contribution in [0, 0.1) is 5.92 Å². The van der Waals surface area contributed by atoms with Gasteiger partial charge in [-0.3, -0.25) is 4.99 Å². The highest BCUT2D eigenvalue weighted by atomic mass is 16.5. The van der Waals surface area contributed by atoms with Crippen LogP contribution in [-0.2, 0) is 6.42 Å². The van der Waals surface area contributed by atoms with Crippen LogP contribution in [0.4, 0.5) is 0 Å². The van der Waals surface area contributed by atoms with Gasteiger partial charge >= 0.3 is 0 Å². The lowest BCUT2D eigenvalue weighted by Crippen LogP contribution is -2.27. The topological polar surface area (TPSA) is 30.8 Å². The maximum atomic E-state index is 5.40. The average molecular weight is 245 g/mol. The molecule has 1 aliphatic carbocycles. The molecule has 1 heterocycles. The molecule has 3 heteroatoms. The molecule has 96 valence electrons. The van der Waals surface area contributed by atoms with Crippen molar-refractivity contribution in [2.24, 2.45) is 10.9 Å². The molecule has 3 nitrogen and oxygen atoms in total. The predicted octanol–water partition coefficient (Wildman–Crippen LogP) is 2.85. The van der Waals surface area contributed by atoms with Crippen LogP contribution in [0.25, 0.3) is 0 Å². The molecule has 0 radical (unpaired) electrons. The summed E-state index contributed by atoms with van der Waals surface area (Å²) in [6, 6.07) is 4.21. The Morgan fingerprint density at radius 3 is 2.44 bits per heavy atom. The van der Waals surface area contributed by atoms with Gasteiger partial charge in [-0.2, -0.15) is 0 Å². The van der Waals surface area contributed by atoms with Crippen molar-refractivity contribution >= 4 is 5.71 Å². The van der Waals surface area contributed by atoms with E-state index in [-0.39, 0.29) is 0 Å². The highest BCUT2D eigenvalue weighted by molar-refractivity contribution is 6.05. The normalized spacial score (nSPS) is 18.7. The van der Waals surface area contributed by atoms with Crippen LogP contribution >= 0.6 is 0 Å². The molecular formula is C15H19NO2. The van der Waals surface area contributed by atoms with Crippen LogP contribution < -0.4 is 9.47 Å². The van der Waals surface area contributed by atoms with Gasteiger partial charge in [0.25, 0.3) is 0 Å². The van der Waals surface area contributed by atoms with Gasteiger partial charge in [0.05, 0.1) is 14.2 Å². The van der Waals surface area contributed by atoms with Gasteiger partial charge in [-0.25, -0.2) is 0 Å². The van der Waals surface area contributed by atoms with E-state index in [0.29, 0.717) is 5.92 Å². The van der Waals surface area contributed by atoms with Gasteiger partial charge < -0.3 is 9.47 Å². The summed E-state index contributed by atoms with van der Waals surface area (Å²) in [5, 5.41) is 0. The largest absolute Gasteiger partial charge is 0.493 e.